The fourth-order valence-electron chi connectivity index (χ4n) is 6.85. The Morgan fingerprint density at radius 2 is 0.712 bits per heavy atom. The third-order valence-electron chi connectivity index (χ3n) is 10.9. The number of hydrogen-bond donors (Lipinski definition) is 2. The molecule has 0 aromatic carbocycles. The SMILES string of the molecule is CC/C=C\C/C=C\C/C=C\C/C=C\C/C=C\C/C=C\C/C=C\C/C=C\C/C=C\CCCCCCCCCC(=O)OC(COC(=O)CCCCCC/C=C\C/C=C\C/C=C\C/C=C\CC)COP(=O)(O)OCCN. The van der Waals surface area contributed by atoms with Crippen LogP contribution in [0.5, 0.6) is 0 Å². The third kappa shape index (κ3) is 56.8. The van der Waals surface area contributed by atoms with Gasteiger partial charge in [0.2, 0.25) is 0 Å². The maximum atomic E-state index is 12.7. The van der Waals surface area contributed by atoms with Gasteiger partial charge < -0.3 is 20.1 Å². The van der Waals surface area contributed by atoms with Crippen LogP contribution in [0.15, 0.2) is 158 Å². The van der Waals surface area contributed by atoms with Crippen molar-refractivity contribution in [3.05, 3.63) is 158 Å². The van der Waals surface area contributed by atoms with Crippen LogP contribution in [0.3, 0.4) is 0 Å². The van der Waals surface area contributed by atoms with Crippen molar-refractivity contribution in [2.24, 2.45) is 5.73 Å². The van der Waals surface area contributed by atoms with Crippen molar-refractivity contribution < 1.29 is 37.6 Å². The van der Waals surface area contributed by atoms with Gasteiger partial charge in [0.05, 0.1) is 13.2 Å². The zero-order valence-electron chi connectivity index (χ0n) is 45.5. The minimum Gasteiger partial charge on any atom is -0.462 e. The zero-order valence-corrected chi connectivity index (χ0v) is 46.4. The number of phosphoric ester groups is 1. The van der Waals surface area contributed by atoms with Gasteiger partial charge >= 0.3 is 19.8 Å². The summed E-state index contributed by atoms with van der Waals surface area (Å²) in [6.45, 7) is 3.44. The molecule has 0 rings (SSSR count). The second kappa shape index (κ2) is 56.9. The van der Waals surface area contributed by atoms with E-state index in [1.54, 1.807) is 0 Å². The van der Waals surface area contributed by atoms with Gasteiger partial charge in [-0.1, -0.05) is 217 Å². The molecule has 0 aliphatic carbocycles. The Labute approximate surface area is 445 Å². The second-order valence-corrected chi connectivity index (χ2v) is 19.1. The van der Waals surface area contributed by atoms with Crippen molar-refractivity contribution in [2.75, 3.05) is 26.4 Å². The molecular weight excluding hydrogens is 930 g/mol. The molecule has 0 fully saturated rings. The lowest BCUT2D eigenvalue weighted by atomic mass is 10.1. The molecule has 3 N–H and O–H groups in total. The van der Waals surface area contributed by atoms with Gasteiger partial charge in [-0.05, 0) is 122 Å². The van der Waals surface area contributed by atoms with Crippen LogP contribution in [-0.4, -0.2) is 49.3 Å². The fraction of sp³-hybridized carbons (Fsp3) is 0.556. The number of phosphoric acid groups is 1. The molecule has 2 atom stereocenters. The number of carbonyl (C=O) groups is 2. The average molecular weight is 1030 g/mol. The molecule has 9 nitrogen and oxygen atoms in total. The molecule has 0 aliphatic rings. The minimum absolute atomic E-state index is 0.0387. The summed E-state index contributed by atoms with van der Waals surface area (Å²) in [6.07, 6.45) is 82.9. The summed E-state index contributed by atoms with van der Waals surface area (Å²) < 4.78 is 32.9. The molecule has 0 radical (unpaired) electrons. The quantitative estimate of drug-likeness (QED) is 0.0264. The van der Waals surface area contributed by atoms with Gasteiger partial charge in [-0.2, -0.15) is 0 Å². The van der Waals surface area contributed by atoms with E-state index < -0.39 is 32.5 Å². The molecule has 0 aliphatic heterocycles. The van der Waals surface area contributed by atoms with E-state index >= 15 is 0 Å². The summed E-state index contributed by atoms with van der Waals surface area (Å²) in [5, 5.41) is 0. The van der Waals surface area contributed by atoms with Crippen LogP contribution in [0.25, 0.3) is 0 Å². The van der Waals surface area contributed by atoms with Gasteiger partial charge in [0.25, 0.3) is 0 Å². The molecule has 0 saturated carbocycles. The zero-order chi connectivity index (χ0) is 53.1. The Kier molecular flexibility index (Phi) is 53.5. The van der Waals surface area contributed by atoms with Crippen molar-refractivity contribution in [2.45, 2.75) is 200 Å². The normalized spacial score (nSPS) is 14.3. The monoisotopic (exact) mass is 1030 g/mol. The molecule has 410 valence electrons. The molecule has 0 bridgehead atoms. The molecule has 0 amide bonds. The number of ether oxygens (including phenoxy) is 2. The van der Waals surface area contributed by atoms with Crippen LogP contribution < -0.4 is 5.73 Å². The summed E-state index contributed by atoms with van der Waals surface area (Å²) in [7, 11) is -4.41. The fourth-order valence-corrected chi connectivity index (χ4v) is 7.62. The molecule has 2 unspecified atom stereocenters. The summed E-state index contributed by atoms with van der Waals surface area (Å²) in [5.74, 6) is -0.883. The molecule has 0 aromatic rings. The van der Waals surface area contributed by atoms with E-state index in [0.29, 0.717) is 12.8 Å². The number of carbonyl (C=O) groups excluding carboxylic acids is 2. The summed E-state index contributed by atoms with van der Waals surface area (Å²) in [5.41, 5.74) is 5.37. The van der Waals surface area contributed by atoms with Gasteiger partial charge in [-0.25, -0.2) is 4.57 Å². The van der Waals surface area contributed by atoms with Crippen molar-refractivity contribution >= 4 is 19.8 Å². The van der Waals surface area contributed by atoms with Crippen molar-refractivity contribution in [3.8, 4) is 0 Å². The number of unbranched alkanes of at least 4 members (excludes halogenated alkanes) is 11. The molecule has 10 heteroatoms. The first kappa shape index (κ1) is 68.6. The Morgan fingerprint density at radius 3 is 1.05 bits per heavy atom. The number of nitrogens with two attached hydrogens (primary N) is 1. The number of hydrogen-bond acceptors (Lipinski definition) is 8. The topological polar surface area (TPSA) is 134 Å². The van der Waals surface area contributed by atoms with Crippen molar-refractivity contribution in [1.82, 2.24) is 0 Å². The maximum Gasteiger partial charge on any atom is 0.472 e. The van der Waals surface area contributed by atoms with E-state index in [2.05, 4.69) is 172 Å². The highest BCUT2D eigenvalue weighted by Gasteiger charge is 2.26. The number of rotatable bonds is 50. The van der Waals surface area contributed by atoms with Crippen LogP contribution >= 0.6 is 7.82 Å². The predicted molar refractivity (Wildman–Crippen MR) is 311 cm³/mol. The second-order valence-electron chi connectivity index (χ2n) is 17.7. The Balaban J connectivity index is 4.09. The number of esters is 2. The summed E-state index contributed by atoms with van der Waals surface area (Å²) >= 11 is 0. The van der Waals surface area contributed by atoms with E-state index in [0.717, 1.165) is 141 Å². The first-order valence-corrected chi connectivity index (χ1v) is 29.5. The van der Waals surface area contributed by atoms with E-state index in [9.17, 15) is 19.0 Å². The van der Waals surface area contributed by atoms with E-state index in [-0.39, 0.29) is 32.6 Å². The largest absolute Gasteiger partial charge is 0.472 e. The summed E-state index contributed by atoms with van der Waals surface area (Å²) in [4.78, 5) is 35.1. The Bertz CT molecular complexity index is 1740. The van der Waals surface area contributed by atoms with E-state index in [1.165, 1.54) is 12.8 Å². The molecule has 0 heterocycles. The van der Waals surface area contributed by atoms with Crippen molar-refractivity contribution in [1.29, 1.82) is 0 Å². The van der Waals surface area contributed by atoms with Gasteiger partial charge in [0.15, 0.2) is 6.10 Å². The lowest BCUT2D eigenvalue weighted by Crippen LogP contribution is -2.29. The highest BCUT2D eigenvalue weighted by Crippen LogP contribution is 2.43. The van der Waals surface area contributed by atoms with Gasteiger partial charge in [-0.3, -0.25) is 18.6 Å². The van der Waals surface area contributed by atoms with Crippen LogP contribution in [0.2, 0.25) is 0 Å². The Morgan fingerprint density at radius 1 is 0.411 bits per heavy atom. The molecule has 0 saturated heterocycles. The lowest BCUT2D eigenvalue weighted by Gasteiger charge is -2.19. The average Bonchev–Trinajstić information content (AvgIpc) is 3.38. The van der Waals surface area contributed by atoms with Gasteiger partial charge in [0.1, 0.15) is 6.61 Å². The number of allylic oxidation sites excluding steroid dienone is 26. The van der Waals surface area contributed by atoms with Crippen LogP contribution in [0, 0.1) is 0 Å². The molecule has 0 aromatic heterocycles. The Hall–Kier alpha value is -4.37. The van der Waals surface area contributed by atoms with Gasteiger partial charge in [-0.15, -0.1) is 0 Å². The van der Waals surface area contributed by atoms with E-state index in [1.807, 2.05) is 0 Å². The maximum absolute atomic E-state index is 12.7. The predicted octanol–water partition coefficient (Wildman–Crippen LogP) is 17.7. The van der Waals surface area contributed by atoms with Crippen molar-refractivity contribution in [3.63, 3.8) is 0 Å². The third-order valence-corrected chi connectivity index (χ3v) is 11.9. The summed E-state index contributed by atoms with van der Waals surface area (Å²) in [6, 6.07) is 0. The standard InChI is InChI=1S/C63H100NO8P/c1-3-5-7-9-11-13-15-17-19-21-22-23-24-25-26-27-28-29-30-31-32-33-34-35-36-37-38-40-42-44-46-48-50-52-54-56-63(66)72-61(60-71-73(67,68)70-58-57-64)59-69-62(65)55-53-51-49-47-45-43-41-39-20-18-16-14-12-10-8-6-4-2/h5-8,11-14,17-20,22-23,25-26,28-29,31-32,34-35,37-38,41,43,61H,3-4,9-10,15-16,21,24,27,30,33,36,39-40,42,44-60,64H2,1-2H3,(H,67,68)/b7-5-,8-6-,13-11-,14-12-,19-17-,20-18-,23-22-,26-25-,29-28-,32-31-,35-34-,38-37-,43-41-. The first-order chi connectivity index (χ1) is 35.8. The smallest absolute Gasteiger partial charge is 0.462 e. The van der Waals surface area contributed by atoms with Gasteiger partial charge in [0, 0.05) is 19.4 Å². The molecule has 73 heavy (non-hydrogen) atoms. The van der Waals surface area contributed by atoms with E-state index in [4.69, 9.17) is 24.3 Å². The van der Waals surface area contributed by atoms with Crippen LogP contribution in [0.4, 0.5) is 0 Å². The molecule has 0 spiro atoms. The molecular formula is C63H100NO8P. The minimum atomic E-state index is -4.41. The highest BCUT2D eigenvalue weighted by atomic mass is 31.2. The first-order valence-electron chi connectivity index (χ1n) is 28.0. The van der Waals surface area contributed by atoms with Crippen LogP contribution in [0.1, 0.15) is 194 Å². The lowest BCUT2D eigenvalue weighted by molar-refractivity contribution is -0.161. The van der Waals surface area contributed by atoms with Crippen LogP contribution in [-0.2, 0) is 32.7 Å². The highest BCUT2D eigenvalue weighted by molar-refractivity contribution is 7.47.